The van der Waals surface area contributed by atoms with Crippen molar-refractivity contribution >= 4 is 11.6 Å². The molecule has 9 nitrogen and oxygen atoms in total. The number of nitrogens with one attached hydrogen (secondary N) is 2. The molecule has 0 bridgehead atoms. The van der Waals surface area contributed by atoms with Crippen molar-refractivity contribution in [2.45, 2.75) is 12.6 Å². The summed E-state index contributed by atoms with van der Waals surface area (Å²) >= 11 is 5.85. The molecular formula is C24H11ClF4N6O3. The fourth-order valence-corrected chi connectivity index (χ4v) is 3.61. The van der Waals surface area contributed by atoms with E-state index in [1.165, 1.54) is 18.2 Å². The molecular weight excluding hydrogens is 532 g/mol. The smallest absolute Gasteiger partial charge is 0.437 e. The first-order valence-corrected chi connectivity index (χ1v) is 10.7. The fraction of sp³-hybridized carbons (Fsp3) is 0.0833. The van der Waals surface area contributed by atoms with Crippen molar-refractivity contribution in [1.82, 2.24) is 20.2 Å². The maximum Gasteiger partial charge on any atom is 0.437 e. The van der Waals surface area contributed by atoms with E-state index in [2.05, 4.69) is 20.2 Å². The summed E-state index contributed by atoms with van der Waals surface area (Å²) in [5.74, 6) is -2.80. The van der Waals surface area contributed by atoms with Crippen LogP contribution in [0.3, 0.4) is 0 Å². The Morgan fingerprint density at radius 1 is 1.03 bits per heavy atom. The minimum atomic E-state index is -5.11. The predicted octanol–water partition coefficient (Wildman–Crippen LogP) is 4.46. The van der Waals surface area contributed by atoms with Crippen molar-refractivity contribution in [2.75, 3.05) is 0 Å². The second-order valence-corrected chi connectivity index (χ2v) is 8.10. The molecule has 38 heavy (non-hydrogen) atoms. The molecule has 2 heterocycles. The van der Waals surface area contributed by atoms with E-state index in [0.29, 0.717) is 0 Å². The number of hydrogen-bond acceptors (Lipinski definition) is 7. The summed E-state index contributed by atoms with van der Waals surface area (Å²) in [6.45, 7) is 0. The topological polar surface area (TPSA) is 148 Å². The Kier molecular flexibility index (Phi) is 6.97. The third-order valence-electron chi connectivity index (χ3n) is 5.02. The number of ether oxygens (including phenoxy) is 1. The zero-order chi connectivity index (χ0) is 27.6. The summed E-state index contributed by atoms with van der Waals surface area (Å²) in [7, 11) is 0. The van der Waals surface area contributed by atoms with E-state index in [4.69, 9.17) is 26.9 Å². The fourth-order valence-electron chi connectivity index (χ4n) is 3.38. The van der Waals surface area contributed by atoms with Gasteiger partial charge in [0.25, 0.3) is 11.1 Å². The third kappa shape index (κ3) is 5.53. The van der Waals surface area contributed by atoms with E-state index in [1.54, 1.807) is 12.1 Å². The van der Waals surface area contributed by atoms with Gasteiger partial charge in [-0.25, -0.2) is 14.5 Å². The van der Waals surface area contributed by atoms with Gasteiger partial charge in [-0.1, -0.05) is 17.7 Å². The molecule has 4 aromatic rings. The van der Waals surface area contributed by atoms with Crippen molar-refractivity contribution < 1.29 is 22.3 Å². The van der Waals surface area contributed by atoms with E-state index in [1.807, 2.05) is 0 Å². The highest BCUT2D eigenvalue weighted by Gasteiger charge is 2.39. The summed E-state index contributed by atoms with van der Waals surface area (Å²) in [5, 5.41) is 23.8. The van der Waals surface area contributed by atoms with Gasteiger partial charge in [-0.3, -0.25) is 9.59 Å². The van der Waals surface area contributed by atoms with E-state index < -0.39 is 46.8 Å². The summed E-state index contributed by atoms with van der Waals surface area (Å²) in [6.07, 6.45) is -5.57. The van der Waals surface area contributed by atoms with Crippen molar-refractivity contribution in [1.29, 1.82) is 10.5 Å². The number of rotatable bonds is 5. The molecule has 4 rings (SSSR count). The van der Waals surface area contributed by atoms with Gasteiger partial charge in [0, 0.05) is 11.4 Å². The monoisotopic (exact) mass is 542 g/mol. The summed E-state index contributed by atoms with van der Waals surface area (Å²) in [4.78, 5) is 30.5. The SMILES string of the molecule is N#Cc1cc(Cl)cc(Oc2c(C(F)(F)F)nc(Cc3cc(-c4ccc(C#N)c(F)c4)c(=O)[nH]n3)[nH]c2=O)c1. The van der Waals surface area contributed by atoms with Crippen molar-refractivity contribution in [3.8, 4) is 34.8 Å². The zero-order valence-corrected chi connectivity index (χ0v) is 19.4. The molecule has 190 valence electrons. The Morgan fingerprint density at radius 2 is 1.79 bits per heavy atom. The molecule has 0 aliphatic rings. The minimum Gasteiger partial charge on any atom is -0.449 e. The second kappa shape index (κ2) is 10.2. The van der Waals surface area contributed by atoms with Crippen LogP contribution >= 0.6 is 11.6 Å². The van der Waals surface area contributed by atoms with E-state index in [9.17, 15) is 27.2 Å². The van der Waals surface area contributed by atoms with E-state index in [-0.39, 0.29) is 38.7 Å². The van der Waals surface area contributed by atoms with Crippen LogP contribution in [0.1, 0.15) is 28.3 Å². The molecule has 14 heteroatoms. The largest absolute Gasteiger partial charge is 0.449 e. The van der Waals surface area contributed by atoms with Gasteiger partial charge in [-0.2, -0.15) is 28.8 Å². The molecule has 2 aromatic heterocycles. The maximum absolute atomic E-state index is 14.0. The predicted molar refractivity (Wildman–Crippen MR) is 124 cm³/mol. The Bertz CT molecular complexity index is 1770. The van der Waals surface area contributed by atoms with E-state index in [0.717, 1.165) is 24.3 Å². The van der Waals surface area contributed by atoms with Crippen molar-refractivity contribution in [3.05, 3.63) is 102 Å². The highest BCUT2D eigenvalue weighted by molar-refractivity contribution is 6.30. The average Bonchev–Trinajstić information content (AvgIpc) is 2.85. The van der Waals surface area contributed by atoms with Crippen LogP contribution in [0.15, 0.2) is 52.1 Å². The number of hydrogen-bond donors (Lipinski definition) is 2. The van der Waals surface area contributed by atoms with Crippen LogP contribution in [0.25, 0.3) is 11.1 Å². The van der Waals surface area contributed by atoms with Crippen molar-refractivity contribution in [3.63, 3.8) is 0 Å². The van der Waals surface area contributed by atoms with Crippen molar-refractivity contribution in [2.24, 2.45) is 0 Å². The van der Waals surface area contributed by atoms with Gasteiger partial charge in [-0.05, 0) is 42.0 Å². The molecule has 0 spiro atoms. The van der Waals surface area contributed by atoms with Gasteiger partial charge in [0.05, 0.1) is 28.5 Å². The molecule has 0 unspecified atom stereocenters. The number of alkyl halides is 3. The highest BCUT2D eigenvalue weighted by Crippen LogP contribution is 2.35. The summed E-state index contributed by atoms with van der Waals surface area (Å²) in [6, 6.07) is 11.5. The quantitative estimate of drug-likeness (QED) is 0.354. The average molecular weight is 543 g/mol. The standard InChI is InChI=1S/C24H11ClF4N6O3/c25-14-3-11(9-30)4-16(6-14)38-20-21(24(27,28)29)32-19(33-23(20)37)8-15-7-17(22(36)35-34-15)12-1-2-13(10-31)18(26)5-12/h1-7H,8H2,(H,35,36)(H,32,33,37). The third-order valence-corrected chi connectivity index (χ3v) is 5.24. The first-order valence-electron chi connectivity index (χ1n) is 10.4. The highest BCUT2D eigenvalue weighted by atomic mass is 35.5. The first-order chi connectivity index (χ1) is 18.0. The molecule has 0 amide bonds. The number of nitrogens with zero attached hydrogens (tertiary/aromatic N) is 4. The number of aromatic amines is 2. The summed E-state index contributed by atoms with van der Waals surface area (Å²) in [5.41, 5.74) is -3.90. The molecule has 2 aromatic carbocycles. The molecule has 0 aliphatic carbocycles. The lowest BCUT2D eigenvalue weighted by atomic mass is 10.0. The zero-order valence-electron chi connectivity index (χ0n) is 18.7. The maximum atomic E-state index is 14.0. The number of H-pyrrole nitrogens is 2. The molecule has 0 fully saturated rings. The van der Waals surface area contributed by atoms with Crippen LogP contribution in [0.4, 0.5) is 17.6 Å². The van der Waals surface area contributed by atoms with Gasteiger partial charge in [0.15, 0.2) is 5.69 Å². The normalized spacial score (nSPS) is 11.0. The Morgan fingerprint density at radius 3 is 2.45 bits per heavy atom. The molecule has 0 atom stereocenters. The molecule has 0 saturated heterocycles. The first kappa shape index (κ1) is 26.1. The van der Waals surface area contributed by atoms with E-state index >= 15 is 0 Å². The van der Waals surface area contributed by atoms with Crippen LogP contribution in [0.5, 0.6) is 11.5 Å². The van der Waals surface area contributed by atoms with Crippen LogP contribution in [0, 0.1) is 28.5 Å². The number of aromatic nitrogens is 4. The van der Waals surface area contributed by atoms with Crippen LogP contribution < -0.4 is 15.9 Å². The lowest BCUT2D eigenvalue weighted by Crippen LogP contribution is -2.22. The molecule has 0 aliphatic heterocycles. The Labute approximate surface area is 214 Å². The molecule has 0 radical (unpaired) electrons. The number of halogens is 5. The van der Waals surface area contributed by atoms with Gasteiger partial charge < -0.3 is 9.72 Å². The van der Waals surface area contributed by atoms with Crippen LogP contribution in [-0.2, 0) is 12.6 Å². The van der Waals surface area contributed by atoms with Crippen LogP contribution in [-0.4, -0.2) is 20.2 Å². The van der Waals surface area contributed by atoms with Gasteiger partial charge in [0.1, 0.15) is 23.5 Å². The van der Waals surface area contributed by atoms with Gasteiger partial charge >= 0.3 is 6.18 Å². The van der Waals surface area contributed by atoms with Crippen LogP contribution in [0.2, 0.25) is 5.02 Å². The molecule has 2 N–H and O–H groups in total. The van der Waals surface area contributed by atoms with Gasteiger partial charge in [-0.15, -0.1) is 0 Å². The second-order valence-electron chi connectivity index (χ2n) is 7.66. The Hall–Kier alpha value is -5.01. The lowest BCUT2D eigenvalue weighted by Gasteiger charge is -2.14. The minimum absolute atomic E-state index is 0.00397. The summed E-state index contributed by atoms with van der Waals surface area (Å²) < 4.78 is 60.6. The lowest BCUT2D eigenvalue weighted by molar-refractivity contribution is -0.142. The molecule has 0 saturated carbocycles. The van der Waals surface area contributed by atoms with Gasteiger partial charge in [0.2, 0.25) is 5.75 Å². The number of benzene rings is 2. The number of nitriles is 2. The Balaban J connectivity index is 1.73.